The first-order valence-electron chi connectivity index (χ1n) is 8.50. The fraction of sp³-hybridized carbons (Fsp3) is 0.474. The zero-order valence-electron chi connectivity index (χ0n) is 15.1. The van der Waals surface area contributed by atoms with Crippen molar-refractivity contribution in [3.63, 3.8) is 0 Å². The number of unbranched alkanes of at least 4 members (excludes halogenated alkanes) is 3. The Kier molecular flexibility index (Phi) is 9.14. The number of carbonyl (C=O) groups excluding carboxylic acids is 1. The second kappa shape index (κ2) is 11.1. The molecule has 0 unspecified atom stereocenters. The molecule has 0 aliphatic heterocycles. The highest BCUT2D eigenvalue weighted by atomic mass is 16.5. The summed E-state index contributed by atoms with van der Waals surface area (Å²) in [6.07, 6.45) is 7.41. The van der Waals surface area contributed by atoms with E-state index in [4.69, 9.17) is 14.6 Å². The van der Waals surface area contributed by atoms with Gasteiger partial charge in [0.05, 0.1) is 13.7 Å². The Bertz CT molecular complexity index is 597. The van der Waals surface area contributed by atoms with Crippen LogP contribution in [0.25, 0.3) is 6.08 Å². The lowest BCUT2D eigenvalue weighted by molar-refractivity contribution is -0.140. The van der Waals surface area contributed by atoms with Crippen molar-refractivity contribution in [2.24, 2.45) is 0 Å². The Morgan fingerprint density at radius 3 is 2.64 bits per heavy atom. The molecular weight excluding hydrogens is 322 g/mol. The minimum absolute atomic E-state index is 0.467. The van der Waals surface area contributed by atoms with Crippen molar-refractivity contribution in [1.29, 1.82) is 0 Å². The van der Waals surface area contributed by atoms with Crippen LogP contribution in [0.4, 0.5) is 0 Å². The Balaban J connectivity index is 2.62. The van der Waals surface area contributed by atoms with Crippen LogP contribution in [0.3, 0.4) is 0 Å². The van der Waals surface area contributed by atoms with Gasteiger partial charge in [-0.25, -0.2) is 0 Å². The molecule has 0 aromatic heterocycles. The van der Waals surface area contributed by atoms with Crippen LogP contribution in [0.1, 0.15) is 45.1 Å². The zero-order valence-corrected chi connectivity index (χ0v) is 15.1. The minimum atomic E-state index is -1.08. The highest BCUT2D eigenvalue weighted by molar-refractivity contribution is 5.94. The Morgan fingerprint density at radius 2 is 2.00 bits per heavy atom. The molecule has 1 rings (SSSR count). The molecule has 0 fully saturated rings. The summed E-state index contributed by atoms with van der Waals surface area (Å²) in [7, 11) is 1.56. The molecule has 0 spiro atoms. The molecule has 1 atom stereocenters. The first-order chi connectivity index (χ1) is 12.0. The summed E-state index contributed by atoms with van der Waals surface area (Å²) in [6, 6.07) is 4.45. The van der Waals surface area contributed by atoms with E-state index in [9.17, 15) is 9.59 Å². The van der Waals surface area contributed by atoms with E-state index in [-0.39, 0.29) is 0 Å². The van der Waals surface area contributed by atoms with Crippen molar-refractivity contribution in [3.8, 4) is 11.5 Å². The Morgan fingerprint density at radius 1 is 1.24 bits per heavy atom. The molecule has 0 bridgehead atoms. The maximum absolute atomic E-state index is 11.7. The summed E-state index contributed by atoms with van der Waals surface area (Å²) in [5.41, 5.74) is 0.758. The topological polar surface area (TPSA) is 84.9 Å². The lowest BCUT2D eigenvalue weighted by atomic mass is 10.2. The smallest absolute Gasteiger partial charge is 0.325 e. The fourth-order valence-electron chi connectivity index (χ4n) is 2.11. The minimum Gasteiger partial charge on any atom is -0.493 e. The number of carboxylic acids is 1. The van der Waals surface area contributed by atoms with E-state index in [1.165, 1.54) is 25.8 Å². The second-order valence-electron chi connectivity index (χ2n) is 5.72. The molecule has 0 saturated carbocycles. The molecular formula is C19H27NO5. The number of ether oxygens (including phenoxy) is 2. The van der Waals surface area contributed by atoms with Gasteiger partial charge in [0.25, 0.3) is 0 Å². The van der Waals surface area contributed by atoms with Gasteiger partial charge in [0.15, 0.2) is 11.5 Å². The van der Waals surface area contributed by atoms with Crippen LogP contribution in [0.5, 0.6) is 11.5 Å². The van der Waals surface area contributed by atoms with E-state index in [1.807, 2.05) is 6.07 Å². The van der Waals surface area contributed by atoms with Crippen molar-refractivity contribution >= 4 is 18.0 Å². The molecule has 0 saturated heterocycles. The number of hydrogen-bond donors (Lipinski definition) is 2. The number of benzene rings is 1. The predicted molar refractivity (Wildman–Crippen MR) is 96.9 cm³/mol. The predicted octanol–water partition coefficient (Wildman–Crippen LogP) is 3.26. The van der Waals surface area contributed by atoms with Gasteiger partial charge in [-0.3, -0.25) is 9.59 Å². The lowest BCUT2D eigenvalue weighted by Crippen LogP contribution is -2.37. The van der Waals surface area contributed by atoms with Gasteiger partial charge in [-0.2, -0.15) is 0 Å². The first kappa shape index (κ1) is 20.5. The monoisotopic (exact) mass is 349 g/mol. The summed E-state index contributed by atoms with van der Waals surface area (Å²) in [5, 5.41) is 11.1. The van der Waals surface area contributed by atoms with Crippen molar-refractivity contribution in [1.82, 2.24) is 5.32 Å². The van der Waals surface area contributed by atoms with Crippen molar-refractivity contribution in [2.45, 2.75) is 45.6 Å². The standard InChI is InChI=1S/C19H27NO5/c1-4-5-6-7-12-25-16-10-8-15(13-17(16)24-3)9-11-18(21)20-14(2)19(22)23/h8-11,13-14H,4-7,12H2,1-3H3,(H,20,21)(H,22,23)/b11-9+/t14-/m1/s1. The summed E-state index contributed by atoms with van der Waals surface area (Å²) in [4.78, 5) is 22.4. The number of amides is 1. The van der Waals surface area contributed by atoms with Gasteiger partial charge in [-0.15, -0.1) is 0 Å². The van der Waals surface area contributed by atoms with Crippen molar-refractivity contribution < 1.29 is 24.2 Å². The molecule has 25 heavy (non-hydrogen) atoms. The van der Waals surface area contributed by atoms with Crippen molar-refractivity contribution in [3.05, 3.63) is 29.8 Å². The number of carboxylic acid groups (broad SMARTS) is 1. The number of nitrogens with one attached hydrogen (secondary N) is 1. The number of rotatable bonds is 11. The average Bonchev–Trinajstić information content (AvgIpc) is 2.60. The van der Waals surface area contributed by atoms with E-state index in [2.05, 4.69) is 12.2 Å². The molecule has 0 aliphatic rings. The molecule has 1 aromatic carbocycles. The van der Waals surface area contributed by atoms with Gasteiger partial charge in [0, 0.05) is 6.08 Å². The summed E-state index contributed by atoms with van der Waals surface area (Å²) in [5.74, 6) is -0.286. The number of aliphatic carboxylic acids is 1. The molecule has 0 heterocycles. The van der Waals surface area contributed by atoms with Gasteiger partial charge in [0.1, 0.15) is 6.04 Å². The highest BCUT2D eigenvalue weighted by Crippen LogP contribution is 2.28. The molecule has 1 aromatic rings. The number of carbonyl (C=O) groups is 2. The van der Waals surface area contributed by atoms with Crippen LogP contribution in [-0.2, 0) is 9.59 Å². The van der Waals surface area contributed by atoms with E-state index >= 15 is 0 Å². The third kappa shape index (κ3) is 7.74. The third-order valence-electron chi connectivity index (χ3n) is 3.60. The van der Waals surface area contributed by atoms with E-state index in [0.717, 1.165) is 18.4 Å². The van der Waals surface area contributed by atoms with Crippen LogP contribution < -0.4 is 14.8 Å². The quantitative estimate of drug-likeness (QED) is 0.473. The Hall–Kier alpha value is -2.50. The van der Waals surface area contributed by atoms with Gasteiger partial charge in [-0.1, -0.05) is 32.3 Å². The number of methoxy groups -OCH3 is 1. The molecule has 0 aliphatic carbocycles. The van der Waals surface area contributed by atoms with Crippen LogP contribution in [0.2, 0.25) is 0 Å². The zero-order chi connectivity index (χ0) is 18.7. The van der Waals surface area contributed by atoms with Gasteiger partial charge in [0.2, 0.25) is 5.91 Å². The van der Waals surface area contributed by atoms with Crippen LogP contribution in [0.15, 0.2) is 24.3 Å². The third-order valence-corrected chi connectivity index (χ3v) is 3.60. The SMILES string of the molecule is CCCCCCOc1ccc(/C=C/C(=O)N[C@H](C)C(=O)O)cc1OC. The van der Waals surface area contributed by atoms with E-state index in [0.29, 0.717) is 18.1 Å². The lowest BCUT2D eigenvalue weighted by Gasteiger charge is -2.11. The van der Waals surface area contributed by atoms with Gasteiger partial charge < -0.3 is 19.9 Å². The molecule has 1 amide bonds. The number of hydrogen-bond acceptors (Lipinski definition) is 4. The molecule has 6 nitrogen and oxygen atoms in total. The second-order valence-corrected chi connectivity index (χ2v) is 5.72. The Labute approximate surface area is 148 Å². The van der Waals surface area contributed by atoms with Crippen LogP contribution in [-0.4, -0.2) is 36.7 Å². The molecule has 2 N–H and O–H groups in total. The summed E-state index contributed by atoms with van der Waals surface area (Å²) < 4.78 is 11.1. The summed E-state index contributed by atoms with van der Waals surface area (Å²) >= 11 is 0. The molecule has 6 heteroatoms. The van der Waals surface area contributed by atoms with E-state index < -0.39 is 17.9 Å². The summed E-state index contributed by atoms with van der Waals surface area (Å²) in [6.45, 7) is 4.21. The van der Waals surface area contributed by atoms with Gasteiger partial charge in [-0.05, 0) is 37.1 Å². The fourth-order valence-corrected chi connectivity index (χ4v) is 2.11. The average molecular weight is 349 g/mol. The maximum atomic E-state index is 11.7. The van der Waals surface area contributed by atoms with Gasteiger partial charge >= 0.3 is 5.97 Å². The maximum Gasteiger partial charge on any atom is 0.325 e. The highest BCUT2D eigenvalue weighted by Gasteiger charge is 2.11. The van der Waals surface area contributed by atoms with E-state index in [1.54, 1.807) is 25.3 Å². The van der Waals surface area contributed by atoms with Crippen molar-refractivity contribution in [2.75, 3.05) is 13.7 Å². The van der Waals surface area contributed by atoms with Crippen LogP contribution in [0, 0.1) is 0 Å². The largest absolute Gasteiger partial charge is 0.493 e. The molecule has 138 valence electrons. The normalized spacial score (nSPS) is 12.0. The first-order valence-corrected chi connectivity index (χ1v) is 8.50. The van der Waals surface area contributed by atoms with Crippen LogP contribution >= 0.6 is 0 Å². The molecule has 0 radical (unpaired) electrons.